The van der Waals surface area contributed by atoms with E-state index < -0.39 is 10.0 Å². The zero-order chi connectivity index (χ0) is 15.0. The standard InChI is InChI=1S/C14H20ClN3O2S/c15-13-4-1-11(16)7-14(13)21(19,20)17-8-10-5-6-18(9-10)12-2-3-12/h1,4,7,10,12,17H,2-3,5-6,8-9,16H2. The average molecular weight is 330 g/mol. The zero-order valence-corrected chi connectivity index (χ0v) is 13.3. The van der Waals surface area contributed by atoms with E-state index >= 15 is 0 Å². The molecule has 1 aromatic rings. The molecule has 0 amide bonds. The fraction of sp³-hybridized carbons (Fsp3) is 0.571. The van der Waals surface area contributed by atoms with Gasteiger partial charge in [0.15, 0.2) is 0 Å². The molecule has 1 heterocycles. The first-order chi connectivity index (χ1) is 9.95. The summed E-state index contributed by atoms with van der Waals surface area (Å²) in [5, 5.41) is 0.197. The first kappa shape index (κ1) is 15.1. The lowest BCUT2D eigenvalue weighted by atomic mass is 10.1. The van der Waals surface area contributed by atoms with Gasteiger partial charge >= 0.3 is 0 Å². The van der Waals surface area contributed by atoms with Gasteiger partial charge in [-0.1, -0.05) is 11.6 Å². The van der Waals surface area contributed by atoms with Crippen molar-refractivity contribution in [1.29, 1.82) is 0 Å². The third-order valence-corrected chi connectivity index (χ3v) is 6.09. The summed E-state index contributed by atoms with van der Waals surface area (Å²) < 4.78 is 27.3. The van der Waals surface area contributed by atoms with Gasteiger partial charge in [0.05, 0.1) is 5.02 Å². The summed E-state index contributed by atoms with van der Waals surface area (Å²) in [6.07, 6.45) is 3.62. The van der Waals surface area contributed by atoms with Crippen LogP contribution in [0.15, 0.2) is 23.1 Å². The SMILES string of the molecule is Nc1ccc(Cl)c(S(=O)(=O)NCC2CCN(C3CC3)C2)c1. The smallest absolute Gasteiger partial charge is 0.242 e. The molecule has 1 aliphatic carbocycles. The molecule has 1 atom stereocenters. The maximum atomic E-state index is 12.3. The number of nitrogens with zero attached hydrogens (tertiary/aromatic N) is 1. The van der Waals surface area contributed by atoms with Crippen LogP contribution in [0.5, 0.6) is 0 Å². The van der Waals surface area contributed by atoms with Crippen molar-refractivity contribution in [2.24, 2.45) is 5.92 Å². The second kappa shape index (κ2) is 5.76. The van der Waals surface area contributed by atoms with Crippen LogP contribution in [0, 0.1) is 5.92 Å². The number of likely N-dealkylation sites (tertiary alicyclic amines) is 1. The van der Waals surface area contributed by atoms with Gasteiger partial charge in [0.1, 0.15) is 4.90 Å². The molecule has 3 rings (SSSR count). The second-order valence-corrected chi connectivity index (χ2v) is 8.07. The van der Waals surface area contributed by atoms with Crippen LogP contribution in [0.25, 0.3) is 0 Å². The predicted molar refractivity (Wildman–Crippen MR) is 83.8 cm³/mol. The average Bonchev–Trinajstić information content (AvgIpc) is 3.18. The van der Waals surface area contributed by atoms with Crippen molar-refractivity contribution >= 4 is 27.3 Å². The third-order valence-electron chi connectivity index (χ3n) is 4.19. The first-order valence-corrected chi connectivity index (χ1v) is 9.10. The predicted octanol–water partition coefficient (Wildman–Crippen LogP) is 1.68. The van der Waals surface area contributed by atoms with E-state index in [0.717, 1.165) is 25.6 Å². The van der Waals surface area contributed by atoms with E-state index in [4.69, 9.17) is 17.3 Å². The molecule has 0 bridgehead atoms. The number of hydrogen-bond donors (Lipinski definition) is 2. The summed E-state index contributed by atoms with van der Waals surface area (Å²) >= 11 is 5.97. The third kappa shape index (κ3) is 3.51. The Morgan fingerprint density at radius 3 is 2.81 bits per heavy atom. The van der Waals surface area contributed by atoms with Gasteiger partial charge in [0.25, 0.3) is 0 Å². The molecule has 21 heavy (non-hydrogen) atoms. The monoisotopic (exact) mass is 329 g/mol. The van der Waals surface area contributed by atoms with Crippen molar-refractivity contribution in [1.82, 2.24) is 9.62 Å². The molecule has 1 saturated carbocycles. The Balaban J connectivity index is 1.62. The van der Waals surface area contributed by atoms with E-state index in [1.165, 1.54) is 25.0 Å². The Morgan fingerprint density at radius 1 is 1.33 bits per heavy atom. The van der Waals surface area contributed by atoms with E-state index in [1.807, 2.05) is 0 Å². The van der Waals surface area contributed by atoms with Crippen molar-refractivity contribution in [2.45, 2.75) is 30.2 Å². The molecule has 1 saturated heterocycles. The van der Waals surface area contributed by atoms with E-state index in [2.05, 4.69) is 9.62 Å². The van der Waals surface area contributed by atoms with Gasteiger partial charge in [-0.3, -0.25) is 0 Å². The second-order valence-electron chi connectivity index (χ2n) is 5.92. The maximum absolute atomic E-state index is 12.3. The number of hydrogen-bond acceptors (Lipinski definition) is 4. The maximum Gasteiger partial charge on any atom is 0.242 e. The van der Waals surface area contributed by atoms with Gasteiger partial charge in [0.2, 0.25) is 10.0 Å². The highest BCUT2D eigenvalue weighted by atomic mass is 35.5. The van der Waals surface area contributed by atoms with E-state index in [1.54, 1.807) is 6.07 Å². The summed E-state index contributed by atoms with van der Waals surface area (Å²) in [6.45, 7) is 2.52. The summed E-state index contributed by atoms with van der Waals surface area (Å²) in [4.78, 5) is 2.52. The van der Waals surface area contributed by atoms with Crippen LogP contribution >= 0.6 is 11.6 Å². The fourth-order valence-corrected chi connectivity index (χ4v) is 4.48. The van der Waals surface area contributed by atoms with Crippen LogP contribution in [0.4, 0.5) is 5.69 Å². The lowest BCUT2D eigenvalue weighted by molar-refractivity contribution is 0.314. The number of benzene rings is 1. The van der Waals surface area contributed by atoms with E-state index in [9.17, 15) is 8.42 Å². The van der Waals surface area contributed by atoms with Crippen LogP contribution < -0.4 is 10.5 Å². The number of halogens is 1. The molecular formula is C14H20ClN3O2S. The van der Waals surface area contributed by atoms with Crippen molar-refractivity contribution in [3.63, 3.8) is 0 Å². The van der Waals surface area contributed by atoms with E-state index in [0.29, 0.717) is 18.2 Å². The molecule has 2 aliphatic rings. The summed E-state index contributed by atoms with van der Waals surface area (Å²) in [6, 6.07) is 5.24. The van der Waals surface area contributed by atoms with Gasteiger partial charge in [-0.15, -0.1) is 0 Å². The number of nitrogen functional groups attached to an aromatic ring is 1. The number of anilines is 1. The Kier molecular flexibility index (Phi) is 4.14. The first-order valence-electron chi connectivity index (χ1n) is 7.24. The van der Waals surface area contributed by atoms with Gasteiger partial charge < -0.3 is 10.6 Å². The molecule has 3 N–H and O–H groups in total. The molecule has 2 fully saturated rings. The van der Waals surface area contributed by atoms with Crippen LogP contribution in [-0.4, -0.2) is 39.0 Å². The van der Waals surface area contributed by atoms with Gasteiger partial charge in [0, 0.05) is 24.8 Å². The van der Waals surface area contributed by atoms with Crippen molar-refractivity contribution in [2.75, 3.05) is 25.4 Å². The van der Waals surface area contributed by atoms with Crippen molar-refractivity contribution in [3.05, 3.63) is 23.2 Å². The molecule has 0 spiro atoms. The lowest BCUT2D eigenvalue weighted by Gasteiger charge is -2.15. The molecule has 1 aliphatic heterocycles. The Hall–Kier alpha value is -0.820. The Morgan fingerprint density at radius 2 is 2.10 bits per heavy atom. The van der Waals surface area contributed by atoms with E-state index in [-0.39, 0.29) is 9.92 Å². The highest BCUT2D eigenvalue weighted by Gasteiger charge is 2.34. The zero-order valence-electron chi connectivity index (χ0n) is 11.8. The summed E-state index contributed by atoms with van der Waals surface area (Å²) in [5.41, 5.74) is 6.03. The topological polar surface area (TPSA) is 75.4 Å². The van der Waals surface area contributed by atoms with Gasteiger partial charge in [-0.25, -0.2) is 13.1 Å². The molecule has 5 nitrogen and oxygen atoms in total. The lowest BCUT2D eigenvalue weighted by Crippen LogP contribution is -2.31. The number of rotatable bonds is 5. The molecular weight excluding hydrogens is 310 g/mol. The fourth-order valence-electron chi connectivity index (χ4n) is 2.83. The summed E-state index contributed by atoms with van der Waals surface area (Å²) in [7, 11) is -3.60. The highest BCUT2D eigenvalue weighted by molar-refractivity contribution is 7.89. The van der Waals surface area contributed by atoms with Gasteiger partial charge in [-0.05, 0) is 49.9 Å². The van der Waals surface area contributed by atoms with Crippen LogP contribution in [0.3, 0.4) is 0 Å². The number of nitrogens with two attached hydrogens (primary N) is 1. The quantitative estimate of drug-likeness (QED) is 0.806. The molecule has 0 aromatic heterocycles. The van der Waals surface area contributed by atoms with Gasteiger partial charge in [-0.2, -0.15) is 0 Å². The van der Waals surface area contributed by atoms with Crippen LogP contribution in [0.2, 0.25) is 5.02 Å². The number of sulfonamides is 1. The molecule has 7 heteroatoms. The minimum Gasteiger partial charge on any atom is -0.399 e. The molecule has 1 unspecified atom stereocenters. The molecule has 0 radical (unpaired) electrons. The highest BCUT2D eigenvalue weighted by Crippen LogP contribution is 2.31. The van der Waals surface area contributed by atoms with Crippen LogP contribution in [-0.2, 0) is 10.0 Å². The largest absolute Gasteiger partial charge is 0.399 e. The van der Waals surface area contributed by atoms with Crippen molar-refractivity contribution in [3.8, 4) is 0 Å². The molecule has 1 aromatic carbocycles. The molecule has 116 valence electrons. The number of nitrogens with one attached hydrogen (secondary N) is 1. The normalized spacial score (nSPS) is 23.6. The van der Waals surface area contributed by atoms with Crippen LogP contribution in [0.1, 0.15) is 19.3 Å². The summed E-state index contributed by atoms with van der Waals surface area (Å²) in [5.74, 6) is 0.375. The van der Waals surface area contributed by atoms with Crippen molar-refractivity contribution < 1.29 is 8.42 Å². The Bertz CT molecular complexity index is 631. The minimum absolute atomic E-state index is 0.0567. The minimum atomic E-state index is -3.60. The Labute approximate surface area is 130 Å².